The highest BCUT2D eigenvalue weighted by Crippen LogP contribution is 2.50. The summed E-state index contributed by atoms with van der Waals surface area (Å²) in [6, 6.07) is 13.7. The lowest BCUT2D eigenvalue weighted by molar-refractivity contribution is -0.173. The molecule has 2 fully saturated rings. The van der Waals surface area contributed by atoms with Crippen molar-refractivity contribution in [3.63, 3.8) is 0 Å². The molecule has 0 bridgehead atoms. The van der Waals surface area contributed by atoms with E-state index in [4.69, 9.17) is 38.5 Å². The predicted octanol–water partition coefficient (Wildman–Crippen LogP) is 3.90. The molecule has 0 amide bonds. The maximum atomic E-state index is 14.5. The maximum absolute atomic E-state index is 14.5. The first-order chi connectivity index (χ1) is 24.3. The SMILES string of the molecule is CC(C)C(=O)O[C@H]1[C@H](c2ccc3c(N)ccnn23)O[C@](C#N)(CO[P@](=O)(N[C@@H](C)C(=O)O[C@@H]2CCOC2)Oc2ccccc2)[C@H]1OC(=O)C(C)C. The molecule has 3 N–H and O–H groups in total. The second-order valence-corrected chi connectivity index (χ2v) is 14.6. The number of nitrogen functional groups attached to an aromatic ring is 1. The number of carbonyl (C=O) groups is 3. The normalized spacial score (nSPS) is 24.9. The van der Waals surface area contributed by atoms with Gasteiger partial charge in [0.05, 0.1) is 41.9 Å². The Bertz CT molecular complexity index is 1810. The molecule has 17 heteroatoms. The number of esters is 3. The minimum atomic E-state index is -4.57. The molecule has 4 heterocycles. The molecule has 16 nitrogen and oxygen atoms in total. The molecule has 5 rings (SSSR count). The summed E-state index contributed by atoms with van der Waals surface area (Å²) < 4.78 is 56.6. The number of nitrogens with zero attached hydrogens (tertiary/aromatic N) is 3. The van der Waals surface area contributed by atoms with E-state index >= 15 is 0 Å². The monoisotopic (exact) mass is 727 g/mol. The fourth-order valence-corrected chi connectivity index (χ4v) is 6.92. The van der Waals surface area contributed by atoms with Crippen LogP contribution in [0.25, 0.3) is 5.52 Å². The molecule has 0 spiro atoms. The summed E-state index contributed by atoms with van der Waals surface area (Å²) in [4.78, 5) is 39.3. The van der Waals surface area contributed by atoms with Gasteiger partial charge < -0.3 is 33.9 Å². The lowest BCUT2D eigenvalue weighted by Crippen LogP contribution is -2.50. The van der Waals surface area contributed by atoms with E-state index in [2.05, 4.69) is 10.2 Å². The topological polar surface area (TPSA) is 212 Å². The predicted molar refractivity (Wildman–Crippen MR) is 180 cm³/mol. The average Bonchev–Trinajstić information content (AvgIpc) is 3.84. The number of nitrogens with two attached hydrogens (primary N) is 1. The number of hydrogen-bond donors (Lipinski definition) is 2. The number of fused-ring (bicyclic) bond motifs is 1. The number of para-hydroxylation sites is 1. The number of ether oxygens (including phenoxy) is 5. The van der Waals surface area contributed by atoms with Crippen LogP contribution in [0.15, 0.2) is 54.7 Å². The summed E-state index contributed by atoms with van der Waals surface area (Å²) in [6.45, 7) is 7.65. The molecule has 2 aliphatic heterocycles. The quantitative estimate of drug-likeness (QED) is 0.137. The molecule has 2 saturated heterocycles. The van der Waals surface area contributed by atoms with Gasteiger partial charge in [0.15, 0.2) is 12.2 Å². The van der Waals surface area contributed by atoms with Crippen molar-refractivity contribution in [3.05, 3.63) is 60.4 Å². The fraction of sp³-hybridized carbons (Fsp3) is 0.500. The van der Waals surface area contributed by atoms with Crippen LogP contribution in [0, 0.1) is 23.2 Å². The molecule has 2 aliphatic rings. The molecular formula is C34H42N5O11P. The molecule has 2 aromatic heterocycles. The second-order valence-electron chi connectivity index (χ2n) is 12.9. The second kappa shape index (κ2) is 15.8. The molecule has 0 saturated carbocycles. The van der Waals surface area contributed by atoms with Crippen LogP contribution in [-0.2, 0) is 47.2 Å². The lowest BCUT2D eigenvalue weighted by Gasteiger charge is -2.31. The summed E-state index contributed by atoms with van der Waals surface area (Å²) in [5.41, 5.74) is 5.14. The van der Waals surface area contributed by atoms with E-state index < -0.39 is 80.2 Å². The van der Waals surface area contributed by atoms with Crippen molar-refractivity contribution >= 4 is 36.9 Å². The van der Waals surface area contributed by atoms with Crippen LogP contribution >= 0.6 is 7.75 Å². The highest BCUT2D eigenvalue weighted by Gasteiger charge is 2.62. The van der Waals surface area contributed by atoms with Gasteiger partial charge in [-0.2, -0.15) is 15.4 Å². The molecular weight excluding hydrogens is 685 g/mol. The van der Waals surface area contributed by atoms with E-state index in [0.29, 0.717) is 29.9 Å². The number of aromatic nitrogens is 2. The van der Waals surface area contributed by atoms with Crippen LogP contribution in [0.4, 0.5) is 5.69 Å². The number of carbonyl (C=O) groups excluding carboxylic acids is 3. The zero-order valence-electron chi connectivity index (χ0n) is 28.9. The Morgan fingerprint density at radius 3 is 2.39 bits per heavy atom. The maximum Gasteiger partial charge on any atom is 0.459 e. The molecule has 7 atom stereocenters. The Hall–Kier alpha value is -4.52. The van der Waals surface area contributed by atoms with Gasteiger partial charge in [0, 0.05) is 12.6 Å². The number of nitriles is 1. The molecule has 0 radical (unpaired) electrons. The molecule has 3 aromatic rings. The van der Waals surface area contributed by atoms with Crippen LogP contribution in [0.5, 0.6) is 5.75 Å². The van der Waals surface area contributed by atoms with Crippen molar-refractivity contribution in [2.24, 2.45) is 11.8 Å². The van der Waals surface area contributed by atoms with Crippen LogP contribution in [-0.4, -0.2) is 77.3 Å². The van der Waals surface area contributed by atoms with Crippen LogP contribution < -0.4 is 15.3 Å². The van der Waals surface area contributed by atoms with Crippen LogP contribution in [0.1, 0.15) is 52.8 Å². The summed E-state index contributed by atoms with van der Waals surface area (Å²) >= 11 is 0. The van der Waals surface area contributed by atoms with Crippen molar-refractivity contribution in [1.29, 1.82) is 5.26 Å². The Balaban J connectivity index is 1.53. The number of hydrogen-bond acceptors (Lipinski definition) is 14. The highest BCUT2D eigenvalue weighted by molar-refractivity contribution is 7.52. The van der Waals surface area contributed by atoms with E-state index in [1.807, 2.05) is 6.07 Å². The van der Waals surface area contributed by atoms with Crippen molar-refractivity contribution in [2.45, 2.75) is 77.1 Å². The molecule has 51 heavy (non-hydrogen) atoms. The Labute approximate surface area is 295 Å². The Morgan fingerprint density at radius 1 is 1.04 bits per heavy atom. The van der Waals surface area contributed by atoms with Gasteiger partial charge in [-0.25, -0.2) is 9.08 Å². The minimum Gasteiger partial charge on any atom is -0.459 e. The fourth-order valence-electron chi connectivity index (χ4n) is 5.40. The third-order valence-electron chi connectivity index (χ3n) is 8.22. The number of nitrogens with one attached hydrogen (secondary N) is 1. The summed E-state index contributed by atoms with van der Waals surface area (Å²) in [7, 11) is -4.57. The van der Waals surface area contributed by atoms with Gasteiger partial charge in [0.1, 0.15) is 36.7 Å². The van der Waals surface area contributed by atoms with E-state index in [9.17, 15) is 24.2 Å². The van der Waals surface area contributed by atoms with Gasteiger partial charge in [0.2, 0.25) is 5.60 Å². The zero-order chi connectivity index (χ0) is 36.9. The van der Waals surface area contributed by atoms with Gasteiger partial charge in [-0.1, -0.05) is 45.9 Å². The standard InChI is InChI=1S/C34H42N5O11P/c1-20(2)31(40)47-29-28(27-12-11-26-25(36)13-15-37-39(26)27)49-34(18-35,30(29)48-32(41)21(3)4)19-45-51(43,50-23-9-7-6-8-10-23)38-22(5)33(42)46-24-14-16-44-17-24/h6-13,15,20-22,24,28-30H,14,16-17,19,36H2,1-5H3,(H,38,43)/t22-,24+,28-,29-,30-,34+,51+/m0/s1. The van der Waals surface area contributed by atoms with Crippen LogP contribution in [0.2, 0.25) is 0 Å². The highest BCUT2D eigenvalue weighted by atomic mass is 31.2. The van der Waals surface area contributed by atoms with Gasteiger partial charge in [-0.15, -0.1) is 0 Å². The minimum absolute atomic E-state index is 0.115. The van der Waals surface area contributed by atoms with E-state index in [1.54, 1.807) is 64.1 Å². The Morgan fingerprint density at radius 2 is 1.75 bits per heavy atom. The van der Waals surface area contributed by atoms with Gasteiger partial charge in [-0.3, -0.25) is 18.9 Å². The van der Waals surface area contributed by atoms with Gasteiger partial charge in [-0.05, 0) is 37.3 Å². The first-order valence-corrected chi connectivity index (χ1v) is 18.1. The smallest absolute Gasteiger partial charge is 0.459 e. The molecule has 0 unspecified atom stereocenters. The van der Waals surface area contributed by atoms with Gasteiger partial charge >= 0.3 is 25.7 Å². The van der Waals surface area contributed by atoms with Crippen molar-refractivity contribution in [3.8, 4) is 11.8 Å². The van der Waals surface area contributed by atoms with Crippen LogP contribution in [0.3, 0.4) is 0 Å². The summed E-state index contributed by atoms with van der Waals surface area (Å²) in [6.07, 6.45) is -2.78. The van der Waals surface area contributed by atoms with E-state index in [0.717, 1.165) is 0 Å². The average molecular weight is 728 g/mol. The largest absolute Gasteiger partial charge is 0.459 e. The Kier molecular flexibility index (Phi) is 11.7. The first kappa shape index (κ1) is 37.7. The van der Waals surface area contributed by atoms with E-state index in [-0.39, 0.29) is 12.4 Å². The van der Waals surface area contributed by atoms with Gasteiger partial charge in [0.25, 0.3) is 0 Å². The molecule has 1 aromatic carbocycles. The molecule has 274 valence electrons. The zero-order valence-corrected chi connectivity index (χ0v) is 29.8. The third-order valence-corrected chi connectivity index (χ3v) is 9.85. The van der Waals surface area contributed by atoms with E-state index in [1.165, 1.54) is 29.8 Å². The van der Waals surface area contributed by atoms with Crippen molar-refractivity contribution in [1.82, 2.24) is 14.7 Å². The molecule has 0 aliphatic carbocycles. The number of rotatable bonds is 14. The third kappa shape index (κ3) is 8.52. The van der Waals surface area contributed by atoms with Crippen molar-refractivity contribution < 1.29 is 51.7 Å². The number of anilines is 1. The van der Waals surface area contributed by atoms with Crippen molar-refractivity contribution in [2.75, 3.05) is 25.6 Å². The summed E-state index contributed by atoms with van der Waals surface area (Å²) in [5.74, 6) is -3.30. The summed E-state index contributed by atoms with van der Waals surface area (Å²) in [5, 5.41) is 17.8. The number of benzene rings is 1. The first-order valence-electron chi connectivity index (χ1n) is 16.5. The lowest BCUT2D eigenvalue weighted by atomic mass is 9.95.